The molecule has 9 atom stereocenters. The van der Waals surface area contributed by atoms with Gasteiger partial charge in [0.05, 0.1) is 12.7 Å². The van der Waals surface area contributed by atoms with Crippen molar-refractivity contribution in [2.75, 3.05) is 12.3 Å². The Bertz CT molecular complexity index is 716. The summed E-state index contributed by atoms with van der Waals surface area (Å²) in [5, 5.41) is 49.3. The fraction of sp³-hybridized carbons (Fsp3) is 0.733. The summed E-state index contributed by atoms with van der Waals surface area (Å²) in [5.74, 6) is 0.00176. The molecule has 0 amide bonds. The van der Waals surface area contributed by atoms with E-state index in [-0.39, 0.29) is 5.82 Å². The highest BCUT2D eigenvalue weighted by Gasteiger charge is 2.49. The summed E-state index contributed by atoms with van der Waals surface area (Å²) in [6, 6.07) is 1.34. The summed E-state index contributed by atoms with van der Waals surface area (Å²) in [6.45, 7) is 0.991. The van der Waals surface area contributed by atoms with E-state index in [1.54, 1.807) is 0 Å². The smallest absolute Gasteiger partial charge is 0.351 e. The fourth-order valence-corrected chi connectivity index (χ4v) is 3.19. The van der Waals surface area contributed by atoms with Crippen LogP contribution < -0.4 is 11.4 Å². The minimum Gasteiger partial charge on any atom is -0.394 e. The first-order valence-corrected chi connectivity index (χ1v) is 8.38. The van der Waals surface area contributed by atoms with Crippen LogP contribution in [-0.2, 0) is 14.2 Å². The topological polar surface area (TPSA) is 190 Å². The summed E-state index contributed by atoms with van der Waals surface area (Å²) in [4.78, 5) is 15.5. The molecule has 12 heteroatoms. The summed E-state index contributed by atoms with van der Waals surface area (Å²) in [6.07, 6.45) is -9.79. The maximum Gasteiger partial charge on any atom is 0.351 e. The van der Waals surface area contributed by atoms with Gasteiger partial charge in [-0.05, 0) is 13.0 Å². The van der Waals surface area contributed by atoms with Gasteiger partial charge in [0, 0.05) is 6.20 Å². The highest BCUT2D eigenvalue weighted by molar-refractivity contribution is 5.23. The van der Waals surface area contributed by atoms with Crippen LogP contribution in [0.25, 0.3) is 0 Å². The molecule has 27 heavy (non-hydrogen) atoms. The van der Waals surface area contributed by atoms with Crippen molar-refractivity contribution in [3.63, 3.8) is 0 Å². The van der Waals surface area contributed by atoms with Gasteiger partial charge in [0.15, 0.2) is 12.5 Å². The maximum atomic E-state index is 11.9. The molecule has 2 saturated heterocycles. The van der Waals surface area contributed by atoms with Gasteiger partial charge in [0.25, 0.3) is 0 Å². The predicted molar refractivity (Wildman–Crippen MR) is 87.1 cm³/mol. The van der Waals surface area contributed by atoms with Crippen LogP contribution in [0, 0.1) is 0 Å². The number of anilines is 1. The molecule has 0 aromatic carbocycles. The molecule has 1 aromatic rings. The zero-order valence-corrected chi connectivity index (χ0v) is 14.4. The van der Waals surface area contributed by atoms with Gasteiger partial charge >= 0.3 is 5.69 Å². The van der Waals surface area contributed by atoms with Gasteiger partial charge in [-0.15, -0.1) is 0 Å². The van der Waals surface area contributed by atoms with E-state index >= 15 is 0 Å². The zero-order chi connectivity index (χ0) is 19.9. The van der Waals surface area contributed by atoms with Gasteiger partial charge in [-0.2, -0.15) is 4.98 Å². The number of nitrogen functional groups attached to an aromatic ring is 1. The first-order chi connectivity index (χ1) is 12.7. The first kappa shape index (κ1) is 20.1. The Hall–Kier alpha value is -1.64. The lowest BCUT2D eigenvalue weighted by molar-refractivity contribution is -0.218. The molecule has 7 N–H and O–H groups in total. The number of hydrogen-bond donors (Lipinski definition) is 6. The second-order valence-electron chi connectivity index (χ2n) is 6.56. The lowest BCUT2D eigenvalue weighted by Crippen LogP contribution is -2.42. The Kier molecular flexibility index (Phi) is 5.79. The number of aromatic nitrogens is 2. The number of ether oxygens (including phenoxy) is 3. The Morgan fingerprint density at radius 3 is 2.52 bits per heavy atom. The third-order valence-electron chi connectivity index (χ3n) is 4.71. The van der Waals surface area contributed by atoms with Crippen LogP contribution in [0.3, 0.4) is 0 Å². The van der Waals surface area contributed by atoms with Crippen molar-refractivity contribution in [3.8, 4) is 0 Å². The molecular weight excluding hydrogens is 366 g/mol. The van der Waals surface area contributed by atoms with E-state index in [4.69, 9.17) is 25.1 Å². The number of aliphatic hydroxyl groups excluding tert-OH is 5. The van der Waals surface area contributed by atoms with Crippen LogP contribution in [0.2, 0.25) is 0 Å². The molecule has 152 valence electrons. The molecule has 2 unspecified atom stereocenters. The van der Waals surface area contributed by atoms with Crippen molar-refractivity contribution in [2.45, 2.75) is 62.2 Å². The van der Waals surface area contributed by atoms with Crippen molar-refractivity contribution >= 4 is 5.82 Å². The van der Waals surface area contributed by atoms with Crippen LogP contribution in [0.15, 0.2) is 17.1 Å². The average molecular weight is 389 g/mol. The third kappa shape index (κ3) is 3.70. The van der Waals surface area contributed by atoms with E-state index in [9.17, 15) is 25.2 Å². The normalized spacial score (nSPS) is 40.4. The standard InChI is InChI=1S/C15H23N3O9/c1-5(25-14-11(23)8(20)6(4-19)26-14)12-9(21)10(22)13(27-12)18-3-2-7(16)17-15(18)24/h2-3,5-6,8-14,19-23H,4H2,1H3,(H2,16,17,24)/t5?,6-,8-,9+,10-,11-,12-,13-,14?/m1/s1. The molecular formula is C15H23N3O9. The van der Waals surface area contributed by atoms with Gasteiger partial charge in [-0.25, -0.2) is 4.79 Å². The van der Waals surface area contributed by atoms with Crippen LogP contribution in [0.1, 0.15) is 13.2 Å². The Morgan fingerprint density at radius 1 is 1.22 bits per heavy atom. The van der Waals surface area contributed by atoms with Gasteiger partial charge in [0.2, 0.25) is 0 Å². The third-order valence-corrected chi connectivity index (χ3v) is 4.71. The van der Waals surface area contributed by atoms with Gasteiger partial charge < -0.3 is 45.5 Å². The molecule has 12 nitrogen and oxygen atoms in total. The minimum atomic E-state index is -1.45. The summed E-state index contributed by atoms with van der Waals surface area (Å²) < 4.78 is 17.3. The highest BCUT2D eigenvalue weighted by Crippen LogP contribution is 2.33. The summed E-state index contributed by atoms with van der Waals surface area (Å²) >= 11 is 0. The zero-order valence-electron chi connectivity index (χ0n) is 14.4. The average Bonchev–Trinajstić information content (AvgIpc) is 3.06. The molecule has 2 aliphatic rings. The van der Waals surface area contributed by atoms with E-state index in [1.165, 1.54) is 19.2 Å². The van der Waals surface area contributed by atoms with Gasteiger partial charge in [-0.1, -0.05) is 0 Å². The quantitative estimate of drug-likeness (QED) is 0.290. The largest absolute Gasteiger partial charge is 0.394 e. The van der Waals surface area contributed by atoms with Crippen molar-refractivity contribution in [1.82, 2.24) is 9.55 Å². The molecule has 0 spiro atoms. The highest BCUT2D eigenvalue weighted by atomic mass is 16.7. The van der Waals surface area contributed by atoms with E-state index < -0.39 is 67.5 Å². The second kappa shape index (κ2) is 7.77. The fourth-order valence-electron chi connectivity index (χ4n) is 3.19. The van der Waals surface area contributed by atoms with Gasteiger partial charge in [-0.3, -0.25) is 4.57 Å². The first-order valence-electron chi connectivity index (χ1n) is 8.38. The number of hydrogen-bond acceptors (Lipinski definition) is 11. The van der Waals surface area contributed by atoms with Crippen LogP contribution >= 0.6 is 0 Å². The molecule has 1 aromatic heterocycles. The van der Waals surface area contributed by atoms with Gasteiger partial charge in [0.1, 0.15) is 42.4 Å². The van der Waals surface area contributed by atoms with E-state index in [1.807, 2.05) is 0 Å². The van der Waals surface area contributed by atoms with E-state index in [0.29, 0.717) is 0 Å². The van der Waals surface area contributed by atoms with Crippen molar-refractivity contribution in [2.24, 2.45) is 0 Å². The lowest BCUT2D eigenvalue weighted by atomic mass is 10.1. The van der Waals surface area contributed by atoms with E-state index in [0.717, 1.165) is 4.57 Å². The molecule has 3 heterocycles. The Balaban J connectivity index is 1.71. The molecule has 2 fully saturated rings. The molecule has 3 rings (SSSR count). The summed E-state index contributed by atoms with van der Waals surface area (Å²) in [7, 11) is 0. The minimum absolute atomic E-state index is 0.00176. The predicted octanol–water partition coefficient (Wildman–Crippen LogP) is -3.71. The Labute approximate surface area is 153 Å². The van der Waals surface area contributed by atoms with E-state index in [2.05, 4.69) is 4.98 Å². The lowest BCUT2D eigenvalue weighted by Gasteiger charge is -2.26. The van der Waals surface area contributed by atoms with Crippen molar-refractivity contribution < 1.29 is 39.7 Å². The molecule has 0 radical (unpaired) electrons. The SMILES string of the molecule is CC(OC1O[C@H](CO)[C@@H](O)[C@H]1O)[C@H]1O[C@@H](n2ccc(N)nc2=O)[C@H](O)[C@@H]1O. The number of aliphatic hydroxyl groups is 5. The number of rotatable bonds is 5. The maximum absolute atomic E-state index is 11.9. The molecule has 2 aliphatic heterocycles. The van der Waals surface area contributed by atoms with Crippen molar-refractivity contribution in [3.05, 3.63) is 22.7 Å². The van der Waals surface area contributed by atoms with Crippen LogP contribution in [0.4, 0.5) is 5.82 Å². The second-order valence-corrected chi connectivity index (χ2v) is 6.56. The van der Waals surface area contributed by atoms with Crippen LogP contribution in [-0.4, -0.2) is 90.7 Å². The summed E-state index contributed by atoms with van der Waals surface area (Å²) in [5.41, 5.74) is 4.67. The molecule has 0 saturated carbocycles. The Morgan fingerprint density at radius 2 is 1.93 bits per heavy atom. The molecule has 0 aliphatic carbocycles. The number of nitrogens with zero attached hydrogens (tertiary/aromatic N) is 2. The molecule has 0 bridgehead atoms. The van der Waals surface area contributed by atoms with Crippen LogP contribution in [0.5, 0.6) is 0 Å². The van der Waals surface area contributed by atoms with Crippen molar-refractivity contribution in [1.29, 1.82) is 0 Å². The number of nitrogens with two attached hydrogens (primary N) is 1. The monoisotopic (exact) mass is 389 g/mol.